The third kappa shape index (κ3) is 3.64. The van der Waals surface area contributed by atoms with Crippen LogP contribution >= 0.6 is 0 Å². The molecular weight excluding hydrogens is 284 g/mol. The summed E-state index contributed by atoms with van der Waals surface area (Å²) in [5.74, 6) is -0.0357. The van der Waals surface area contributed by atoms with Gasteiger partial charge in [0.15, 0.2) is 12.4 Å². The molecule has 1 N–H and O–H groups in total. The van der Waals surface area contributed by atoms with Crippen LogP contribution in [0, 0.1) is 0 Å². The monoisotopic (exact) mass is 303 g/mol. The molecule has 1 amide bonds. The lowest BCUT2D eigenvalue weighted by atomic mass is 10.1. The van der Waals surface area contributed by atoms with Gasteiger partial charge in [0.05, 0.1) is 0 Å². The molecule has 2 aromatic carbocycles. The summed E-state index contributed by atoms with van der Waals surface area (Å²) in [5, 5.41) is 2.94. The quantitative estimate of drug-likeness (QED) is 0.730. The minimum atomic E-state index is -0.293. The summed E-state index contributed by atoms with van der Waals surface area (Å²) in [6, 6.07) is 23.4. The molecule has 0 aliphatic heterocycles. The summed E-state index contributed by atoms with van der Waals surface area (Å²) in [4.78, 5) is 12.4. The number of anilines is 1. The van der Waals surface area contributed by atoms with Crippen LogP contribution in [0.1, 0.15) is 13.0 Å². The molecule has 1 heterocycles. The molecule has 3 aromatic rings. The first-order valence-corrected chi connectivity index (χ1v) is 7.66. The summed E-state index contributed by atoms with van der Waals surface area (Å²) >= 11 is 0. The number of nitrogens with zero attached hydrogens (tertiary/aromatic N) is 1. The summed E-state index contributed by atoms with van der Waals surface area (Å²) in [6.07, 6.45) is 3.92. The fraction of sp³-hybridized carbons (Fsp3) is 0.100. The number of hydrogen-bond acceptors (Lipinski definition) is 1. The molecule has 0 saturated heterocycles. The molecule has 0 bridgehead atoms. The first-order chi connectivity index (χ1) is 11.2. The maximum atomic E-state index is 12.4. The smallest absolute Gasteiger partial charge is 0.293 e. The molecule has 3 heteroatoms. The van der Waals surface area contributed by atoms with E-state index in [9.17, 15) is 4.79 Å². The van der Waals surface area contributed by atoms with Crippen LogP contribution < -0.4 is 9.88 Å². The highest BCUT2D eigenvalue weighted by Gasteiger charge is 2.22. The average Bonchev–Trinajstić information content (AvgIpc) is 2.63. The molecule has 3 rings (SSSR count). The van der Waals surface area contributed by atoms with Crippen molar-refractivity contribution in [2.75, 3.05) is 5.32 Å². The zero-order valence-corrected chi connectivity index (χ0v) is 13.0. The summed E-state index contributed by atoms with van der Waals surface area (Å²) in [5.41, 5.74) is 3.04. The number of nitrogens with one attached hydrogen (secondary N) is 1. The molecule has 23 heavy (non-hydrogen) atoms. The van der Waals surface area contributed by atoms with Crippen molar-refractivity contribution in [3.05, 3.63) is 85.2 Å². The molecule has 0 fully saturated rings. The fourth-order valence-electron chi connectivity index (χ4n) is 2.44. The average molecular weight is 303 g/mol. The van der Waals surface area contributed by atoms with Crippen LogP contribution in [0.2, 0.25) is 0 Å². The second kappa shape index (κ2) is 6.88. The van der Waals surface area contributed by atoms with Crippen molar-refractivity contribution in [1.29, 1.82) is 0 Å². The van der Waals surface area contributed by atoms with Crippen LogP contribution in [0.5, 0.6) is 0 Å². The number of carbonyl (C=O) groups excluding carboxylic acids is 1. The Bertz CT molecular complexity index is 785. The molecule has 0 radical (unpaired) electrons. The second-order valence-electron chi connectivity index (χ2n) is 5.44. The fourth-order valence-corrected chi connectivity index (χ4v) is 2.44. The highest BCUT2D eigenvalue weighted by molar-refractivity contribution is 5.92. The molecule has 1 aromatic heterocycles. The highest BCUT2D eigenvalue weighted by atomic mass is 16.2. The third-order valence-electron chi connectivity index (χ3n) is 3.80. The molecule has 0 saturated carbocycles. The van der Waals surface area contributed by atoms with Gasteiger partial charge in [-0.2, -0.15) is 4.57 Å². The van der Waals surface area contributed by atoms with E-state index in [1.165, 1.54) is 0 Å². The molecule has 114 valence electrons. The number of benzene rings is 2. The van der Waals surface area contributed by atoms with Gasteiger partial charge in [0.1, 0.15) is 0 Å². The van der Waals surface area contributed by atoms with Crippen molar-refractivity contribution in [3.8, 4) is 11.1 Å². The zero-order chi connectivity index (χ0) is 16.1. The lowest BCUT2D eigenvalue weighted by molar-refractivity contribution is -0.705. The van der Waals surface area contributed by atoms with Crippen LogP contribution in [0.15, 0.2) is 85.2 Å². The minimum Gasteiger partial charge on any atom is -0.320 e. The van der Waals surface area contributed by atoms with Crippen LogP contribution in [-0.2, 0) is 4.79 Å². The van der Waals surface area contributed by atoms with Crippen molar-refractivity contribution in [2.45, 2.75) is 13.0 Å². The number of para-hydroxylation sites is 1. The van der Waals surface area contributed by atoms with Gasteiger partial charge in [-0.1, -0.05) is 48.5 Å². The van der Waals surface area contributed by atoms with Gasteiger partial charge in [0.25, 0.3) is 5.91 Å². The Morgan fingerprint density at radius 2 is 1.48 bits per heavy atom. The highest BCUT2D eigenvalue weighted by Crippen LogP contribution is 2.17. The zero-order valence-electron chi connectivity index (χ0n) is 13.0. The van der Waals surface area contributed by atoms with Gasteiger partial charge in [-0.05, 0) is 23.8 Å². The Hall–Kier alpha value is -2.94. The van der Waals surface area contributed by atoms with Crippen LogP contribution in [0.4, 0.5) is 5.69 Å². The van der Waals surface area contributed by atoms with Crippen molar-refractivity contribution >= 4 is 11.6 Å². The summed E-state index contributed by atoms with van der Waals surface area (Å²) in [6.45, 7) is 1.90. The van der Waals surface area contributed by atoms with Crippen molar-refractivity contribution in [3.63, 3.8) is 0 Å². The standard InChI is InChI=1S/C20H18N2O/c1-16(20(23)21-19-12-6-3-7-13-19)22-14-8-11-18(15-22)17-9-4-2-5-10-17/h2-16H,1H3/p+1/t16-/m0/s1. The lowest BCUT2D eigenvalue weighted by Crippen LogP contribution is -2.44. The number of carbonyl (C=O) groups is 1. The van der Waals surface area contributed by atoms with Crippen LogP contribution in [-0.4, -0.2) is 5.91 Å². The molecule has 0 aliphatic rings. The van der Waals surface area contributed by atoms with E-state index in [1.54, 1.807) is 0 Å². The Morgan fingerprint density at radius 1 is 0.870 bits per heavy atom. The molecule has 0 aliphatic carbocycles. The van der Waals surface area contributed by atoms with E-state index in [-0.39, 0.29) is 11.9 Å². The molecule has 0 unspecified atom stereocenters. The van der Waals surface area contributed by atoms with Crippen LogP contribution in [0.25, 0.3) is 11.1 Å². The van der Waals surface area contributed by atoms with Gasteiger partial charge in [0.2, 0.25) is 6.04 Å². The molecule has 1 atom stereocenters. The van der Waals surface area contributed by atoms with Gasteiger partial charge < -0.3 is 5.32 Å². The largest absolute Gasteiger partial charge is 0.320 e. The van der Waals surface area contributed by atoms with E-state index < -0.39 is 0 Å². The number of amides is 1. The van der Waals surface area contributed by atoms with Gasteiger partial charge >= 0.3 is 0 Å². The predicted octanol–water partition coefficient (Wildman–Crippen LogP) is 3.84. The Balaban J connectivity index is 1.80. The number of hydrogen-bond donors (Lipinski definition) is 1. The van der Waals surface area contributed by atoms with E-state index in [1.807, 2.05) is 84.5 Å². The van der Waals surface area contributed by atoms with Gasteiger partial charge in [-0.3, -0.25) is 4.79 Å². The minimum absolute atomic E-state index is 0.0357. The van der Waals surface area contributed by atoms with E-state index >= 15 is 0 Å². The van der Waals surface area contributed by atoms with E-state index in [0.717, 1.165) is 16.8 Å². The third-order valence-corrected chi connectivity index (χ3v) is 3.80. The molecular formula is C20H19N2O+. The lowest BCUT2D eigenvalue weighted by Gasteiger charge is -2.09. The van der Waals surface area contributed by atoms with Gasteiger partial charge in [-0.15, -0.1) is 0 Å². The van der Waals surface area contributed by atoms with E-state index in [4.69, 9.17) is 0 Å². The Morgan fingerprint density at radius 3 is 2.17 bits per heavy atom. The van der Waals surface area contributed by atoms with Gasteiger partial charge in [-0.25, -0.2) is 0 Å². The topological polar surface area (TPSA) is 33.0 Å². The normalized spacial score (nSPS) is 11.7. The summed E-state index contributed by atoms with van der Waals surface area (Å²) in [7, 11) is 0. The molecule has 0 spiro atoms. The second-order valence-corrected chi connectivity index (χ2v) is 5.44. The Kier molecular flexibility index (Phi) is 4.48. The van der Waals surface area contributed by atoms with Gasteiger partial charge in [0, 0.05) is 24.2 Å². The maximum Gasteiger partial charge on any atom is 0.293 e. The van der Waals surface area contributed by atoms with Crippen molar-refractivity contribution in [1.82, 2.24) is 0 Å². The van der Waals surface area contributed by atoms with E-state index in [0.29, 0.717) is 0 Å². The predicted molar refractivity (Wildman–Crippen MR) is 91.9 cm³/mol. The van der Waals surface area contributed by atoms with Crippen LogP contribution in [0.3, 0.4) is 0 Å². The number of pyridine rings is 1. The SMILES string of the molecule is C[C@@H](C(=O)Nc1ccccc1)[n+]1cccc(-c2ccccc2)c1. The Labute approximate surface area is 136 Å². The first-order valence-electron chi connectivity index (χ1n) is 7.66. The summed E-state index contributed by atoms with van der Waals surface area (Å²) < 4.78 is 1.93. The van der Waals surface area contributed by atoms with Crippen molar-refractivity contribution < 1.29 is 9.36 Å². The van der Waals surface area contributed by atoms with E-state index in [2.05, 4.69) is 17.4 Å². The van der Waals surface area contributed by atoms with Crippen molar-refractivity contribution in [2.24, 2.45) is 0 Å². The maximum absolute atomic E-state index is 12.4. The first kappa shape index (κ1) is 15.0. The molecule has 3 nitrogen and oxygen atoms in total. The number of aromatic nitrogens is 1. The number of rotatable bonds is 4.